The molecule has 1 aromatic rings. The smallest absolute Gasteiger partial charge is 0.142 e. The maximum Gasteiger partial charge on any atom is 0.142 e. The van der Waals surface area contributed by atoms with Gasteiger partial charge in [-0.1, -0.05) is 19.1 Å². The van der Waals surface area contributed by atoms with Crippen molar-refractivity contribution in [1.82, 2.24) is 5.32 Å². The van der Waals surface area contributed by atoms with Crippen LogP contribution in [0, 0.1) is 0 Å². The number of rotatable bonds is 8. The highest BCUT2D eigenvalue weighted by atomic mass is 16.5. The van der Waals surface area contributed by atoms with Crippen LogP contribution in [0.3, 0.4) is 0 Å². The highest BCUT2D eigenvalue weighted by Gasteiger charge is 2.01. The van der Waals surface area contributed by atoms with E-state index in [1.807, 2.05) is 31.2 Å². The summed E-state index contributed by atoms with van der Waals surface area (Å²) in [6.45, 7) is 8.97. The maximum absolute atomic E-state index is 5.55. The number of ether oxygens (including phenoxy) is 1. The van der Waals surface area contributed by atoms with Crippen LogP contribution in [-0.4, -0.2) is 25.7 Å². The highest BCUT2D eigenvalue weighted by Crippen LogP contribution is 2.23. The van der Waals surface area contributed by atoms with Crippen molar-refractivity contribution in [3.8, 4) is 5.75 Å². The van der Waals surface area contributed by atoms with Crippen molar-refractivity contribution in [3.05, 3.63) is 24.3 Å². The van der Waals surface area contributed by atoms with E-state index in [9.17, 15) is 0 Å². The van der Waals surface area contributed by atoms with Gasteiger partial charge in [-0.15, -0.1) is 0 Å². The maximum atomic E-state index is 5.55. The molecule has 0 fully saturated rings. The summed E-state index contributed by atoms with van der Waals surface area (Å²) >= 11 is 0. The van der Waals surface area contributed by atoms with E-state index in [0.29, 0.717) is 12.6 Å². The van der Waals surface area contributed by atoms with Gasteiger partial charge in [-0.3, -0.25) is 0 Å². The van der Waals surface area contributed by atoms with E-state index in [4.69, 9.17) is 4.74 Å². The molecule has 1 aromatic carbocycles. The summed E-state index contributed by atoms with van der Waals surface area (Å²) in [6.07, 6.45) is 1.16. The van der Waals surface area contributed by atoms with Crippen molar-refractivity contribution >= 4 is 5.69 Å². The summed E-state index contributed by atoms with van der Waals surface area (Å²) in [6, 6.07) is 8.64. The molecule has 3 nitrogen and oxygen atoms in total. The second-order valence-corrected chi connectivity index (χ2v) is 4.12. The van der Waals surface area contributed by atoms with E-state index in [-0.39, 0.29) is 0 Å². The quantitative estimate of drug-likeness (QED) is 0.681. The molecule has 1 unspecified atom stereocenters. The van der Waals surface area contributed by atoms with Crippen molar-refractivity contribution in [2.24, 2.45) is 0 Å². The zero-order valence-electron chi connectivity index (χ0n) is 11.1. The minimum absolute atomic E-state index is 0.582. The SMILES string of the molecule is CCOc1ccccc1NCCNC(C)CC. The van der Waals surface area contributed by atoms with Crippen molar-refractivity contribution in [2.75, 3.05) is 25.0 Å². The van der Waals surface area contributed by atoms with E-state index < -0.39 is 0 Å². The Hall–Kier alpha value is -1.22. The minimum atomic E-state index is 0.582. The fourth-order valence-electron chi connectivity index (χ4n) is 1.55. The zero-order chi connectivity index (χ0) is 12.5. The second-order valence-electron chi connectivity index (χ2n) is 4.12. The number of anilines is 1. The fourth-order valence-corrected chi connectivity index (χ4v) is 1.55. The van der Waals surface area contributed by atoms with E-state index in [0.717, 1.165) is 30.9 Å². The van der Waals surface area contributed by atoms with E-state index >= 15 is 0 Å². The molecule has 1 rings (SSSR count). The molecule has 0 aliphatic rings. The van der Waals surface area contributed by atoms with Gasteiger partial charge in [0.25, 0.3) is 0 Å². The highest BCUT2D eigenvalue weighted by molar-refractivity contribution is 5.56. The zero-order valence-corrected chi connectivity index (χ0v) is 11.1. The standard InChI is InChI=1S/C14H24N2O/c1-4-12(3)15-10-11-16-13-8-6-7-9-14(13)17-5-2/h6-9,12,15-16H,4-5,10-11H2,1-3H3. The van der Waals surface area contributed by atoms with Crippen LogP contribution in [0.1, 0.15) is 27.2 Å². The Morgan fingerprint density at radius 1 is 1.18 bits per heavy atom. The lowest BCUT2D eigenvalue weighted by Crippen LogP contribution is -2.30. The molecular formula is C14H24N2O. The van der Waals surface area contributed by atoms with Crippen LogP contribution < -0.4 is 15.4 Å². The third-order valence-electron chi connectivity index (χ3n) is 2.73. The fraction of sp³-hybridized carbons (Fsp3) is 0.571. The lowest BCUT2D eigenvalue weighted by Gasteiger charge is -2.14. The summed E-state index contributed by atoms with van der Waals surface area (Å²) in [5.41, 5.74) is 1.07. The van der Waals surface area contributed by atoms with Gasteiger partial charge in [-0.25, -0.2) is 0 Å². The molecule has 3 heteroatoms. The van der Waals surface area contributed by atoms with Crippen molar-refractivity contribution < 1.29 is 4.74 Å². The van der Waals surface area contributed by atoms with Gasteiger partial charge in [0, 0.05) is 19.1 Å². The summed E-state index contributed by atoms with van der Waals surface area (Å²) < 4.78 is 5.55. The monoisotopic (exact) mass is 236 g/mol. The van der Waals surface area contributed by atoms with E-state index in [2.05, 4.69) is 24.5 Å². The Labute approximate surface area is 105 Å². The number of hydrogen-bond donors (Lipinski definition) is 2. The molecule has 1 atom stereocenters. The predicted octanol–water partition coefficient (Wildman–Crippen LogP) is 2.89. The molecule has 96 valence electrons. The van der Waals surface area contributed by atoms with Crippen LogP contribution in [-0.2, 0) is 0 Å². The van der Waals surface area contributed by atoms with Crippen molar-refractivity contribution in [2.45, 2.75) is 33.2 Å². The van der Waals surface area contributed by atoms with Crippen molar-refractivity contribution in [3.63, 3.8) is 0 Å². The lowest BCUT2D eigenvalue weighted by molar-refractivity contribution is 0.341. The number of nitrogens with one attached hydrogen (secondary N) is 2. The predicted molar refractivity (Wildman–Crippen MR) is 73.9 cm³/mol. The average molecular weight is 236 g/mol. The molecule has 0 spiro atoms. The van der Waals surface area contributed by atoms with Gasteiger partial charge in [-0.05, 0) is 32.4 Å². The summed E-state index contributed by atoms with van der Waals surface area (Å²) in [7, 11) is 0. The first-order valence-electron chi connectivity index (χ1n) is 6.47. The molecule has 0 bridgehead atoms. The first-order chi connectivity index (χ1) is 8.27. The molecule has 2 N–H and O–H groups in total. The molecule has 0 heterocycles. The molecule has 0 radical (unpaired) electrons. The topological polar surface area (TPSA) is 33.3 Å². The number of benzene rings is 1. The van der Waals surface area contributed by atoms with Gasteiger partial charge >= 0.3 is 0 Å². The Morgan fingerprint density at radius 3 is 2.65 bits per heavy atom. The molecule has 0 aliphatic carbocycles. The average Bonchev–Trinajstić information content (AvgIpc) is 2.36. The third kappa shape index (κ3) is 5.09. The minimum Gasteiger partial charge on any atom is -0.492 e. The summed E-state index contributed by atoms with van der Waals surface area (Å²) in [4.78, 5) is 0. The van der Waals surface area contributed by atoms with Gasteiger partial charge in [0.05, 0.1) is 12.3 Å². The van der Waals surface area contributed by atoms with Crippen LogP contribution in [0.5, 0.6) is 5.75 Å². The van der Waals surface area contributed by atoms with Crippen LogP contribution in [0.15, 0.2) is 24.3 Å². The van der Waals surface area contributed by atoms with Crippen LogP contribution in [0.2, 0.25) is 0 Å². The van der Waals surface area contributed by atoms with Gasteiger partial charge in [0.15, 0.2) is 0 Å². The van der Waals surface area contributed by atoms with Crippen LogP contribution in [0.25, 0.3) is 0 Å². The normalized spacial score (nSPS) is 12.2. The lowest BCUT2D eigenvalue weighted by atomic mass is 10.2. The van der Waals surface area contributed by atoms with Crippen molar-refractivity contribution in [1.29, 1.82) is 0 Å². The van der Waals surface area contributed by atoms with E-state index in [1.54, 1.807) is 0 Å². The Morgan fingerprint density at radius 2 is 1.94 bits per heavy atom. The van der Waals surface area contributed by atoms with Gasteiger partial charge in [-0.2, -0.15) is 0 Å². The third-order valence-corrected chi connectivity index (χ3v) is 2.73. The van der Waals surface area contributed by atoms with Crippen LogP contribution in [0.4, 0.5) is 5.69 Å². The number of hydrogen-bond acceptors (Lipinski definition) is 3. The Kier molecular flexibility index (Phi) is 6.48. The van der Waals surface area contributed by atoms with E-state index in [1.165, 1.54) is 0 Å². The molecule has 17 heavy (non-hydrogen) atoms. The summed E-state index contributed by atoms with van der Waals surface area (Å²) in [5, 5.41) is 6.84. The largest absolute Gasteiger partial charge is 0.492 e. The molecular weight excluding hydrogens is 212 g/mol. The first kappa shape index (κ1) is 13.8. The van der Waals surface area contributed by atoms with Gasteiger partial charge in [0.2, 0.25) is 0 Å². The number of para-hydroxylation sites is 2. The molecule has 0 amide bonds. The Balaban J connectivity index is 2.35. The molecule has 0 saturated heterocycles. The Bertz CT molecular complexity index is 315. The molecule has 0 aromatic heterocycles. The van der Waals surface area contributed by atoms with Gasteiger partial charge < -0.3 is 15.4 Å². The molecule has 0 saturated carbocycles. The van der Waals surface area contributed by atoms with Gasteiger partial charge in [0.1, 0.15) is 5.75 Å². The molecule has 0 aliphatic heterocycles. The van der Waals surface area contributed by atoms with Crippen LogP contribution >= 0.6 is 0 Å². The summed E-state index contributed by atoms with van der Waals surface area (Å²) in [5.74, 6) is 0.929. The second kappa shape index (κ2) is 7.96. The first-order valence-corrected chi connectivity index (χ1v) is 6.47.